The third-order valence-corrected chi connectivity index (χ3v) is 14.0. The van der Waals surface area contributed by atoms with E-state index < -0.39 is 0 Å². The van der Waals surface area contributed by atoms with Gasteiger partial charge in [0, 0.05) is 65.6 Å². The zero-order valence-electron chi connectivity index (χ0n) is 32.2. The van der Waals surface area contributed by atoms with Crippen molar-refractivity contribution in [3.05, 3.63) is 202 Å². The van der Waals surface area contributed by atoms with E-state index in [9.17, 15) is 0 Å². The zero-order valence-corrected chi connectivity index (χ0v) is 33.0. The zero-order chi connectivity index (χ0) is 38.2. The van der Waals surface area contributed by atoms with E-state index in [1.807, 2.05) is 11.3 Å². The number of nitrogens with zero attached hydrogens (tertiary/aromatic N) is 2. The molecule has 3 unspecified atom stereocenters. The van der Waals surface area contributed by atoms with E-state index >= 15 is 0 Å². The molecule has 0 radical (unpaired) electrons. The monoisotopic (exact) mass is 766 g/mol. The molecular weight excluding hydrogens is 725 g/mol. The molecule has 1 aliphatic heterocycles. The number of fused-ring (bicyclic) bond motifs is 8. The molecule has 7 aromatic rings. The first kappa shape index (κ1) is 33.7. The maximum absolute atomic E-state index is 6.42. The van der Waals surface area contributed by atoms with Gasteiger partial charge in [-0.25, -0.2) is 0 Å². The van der Waals surface area contributed by atoms with Crippen LogP contribution in [-0.2, 0) is 4.74 Å². The Kier molecular flexibility index (Phi) is 7.94. The summed E-state index contributed by atoms with van der Waals surface area (Å²) in [6, 6.07) is 45.0. The highest BCUT2D eigenvalue weighted by Crippen LogP contribution is 2.48. The quantitative estimate of drug-likeness (QED) is 0.168. The highest BCUT2D eigenvalue weighted by molar-refractivity contribution is 7.17. The van der Waals surface area contributed by atoms with Crippen molar-refractivity contribution in [3.8, 4) is 16.8 Å². The van der Waals surface area contributed by atoms with Crippen LogP contribution in [-0.4, -0.2) is 10.6 Å². The minimum atomic E-state index is 0.193. The van der Waals surface area contributed by atoms with Crippen LogP contribution in [0.1, 0.15) is 32.1 Å². The van der Waals surface area contributed by atoms with Crippen LogP contribution in [0.25, 0.3) is 60.5 Å². The number of hydrogen-bond donors (Lipinski definition) is 0. The SMILES string of the molecule is C1=CC(C2=CCC(N(C3=c4c(sc5ccccc45)=CCC3)c3ccc(-c4ccc5c6ccccc6n(-c6ccccc6)c5c4)cc3)C=C2)C2C(=C1)OC1=C2C=CCC1. The van der Waals surface area contributed by atoms with Crippen molar-refractivity contribution in [1.29, 1.82) is 0 Å². The second-order valence-corrected chi connectivity index (χ2v) is 17.2. The Balaban J connectivity index is 0.940. The summed E-state index contributed by atoms with van der Waals surface area (Å²) < 4.78 is 11.6. The molecule has 0 saturated carbocycles. The maximum Gasteiger partial charge on any atom is 0.112 e. The summed E-state index contributed by atoms with van der Waals surface area (Å²) in [6.07, 6.45) is 26.3. The molecule has 0 bridgehead atoms. The van der Waals surface area contributed by atoms with Crippen LogP contribution in [0.5, 0.6) is 0 Å². The van der Waals surface area contributed by atoms with E-state index in [4.69, 9.17) is 4.74 Å². The fraction of sp³-hybridized carbons (Fsp3) is 0.148. The molecule has 0 N–H and O–H groups in total. The van der Waals surface area contributed by atoms with Gasteiger partial charge in [0.15, 0.2) is 0 Å². The van der Waals surface area contributed by atoms with Crippen molar-refractivity contribution in [2.75, 3.05) is 4.90 Å². The highest BCUT2D eigenvalue weighted by atomic mass is 32.1. The average Bonchev–Trinajstić information content (AvgIpc) is 3.97. The van der Waals surface area contributed by atoms with Crippen molar-refractivity contribution in [2.45, 2.75) is 38.1 Å². The number of allylic oxidation sites excluding steroid dienone is 9. The Morgan fingerprint density at radius 2 is 1.50 bits per heavy atom. The molecule has 2 aromatic heterocycles. The number of hydrogen-bond acceptors (Lipinski definition) is 3. The lowest BCUT2D eigenvalue weighted by Crippen LogP contribution is -2.40. The molecule has 3 atom stereocenters. The lowest BCUT2D eigenvalue weighted by Gasteiger charge is -2.37. The summed E-state index contributed by atoms with van der Waals surface area (Å²) in [4.78, 5) is 2.67. The van der Waals surface area contributed by atoms with Gasteiger partial charge in [0.2, 0.25) is 0 Å². The molecule has 0 spiro atoms. The lowest BCUT2D eigenvalue weighted by molar-refractivity contribution is 0.283. The number of thiophene rings is 1. The fourth-order valence-corrected chi connectivity index (χ4v) is 11.4. The van der Waals surface area contributed by atoms with E-state index in [1.165, 1.54) is 86.7 Å². The number of anilines is 1. The fourth-order valence-electron chi connectivity index (χ4n) is 10.2. The molecule has 280 valence electrons. The lowest BCUT2D eigenvalue weighted by atomic mass is 9.75. The molecule has 5 aromatic carbocycles. The highest BCUT2D eigenvalue weighted by Gasteiger charge is 2.39. The van der Waals surface area contributed by atoms with Crippen molar-refractivity contribution in [1.82, 2.24) is 4.57 Å². The first-order chi connectivity index (χ1) is 28.8. The molecule has 12 rings (SSSR count). The van der Waals surface area contributed by atoms with Gasteiger partial charge in [0.25, 0.3) is 0 Å². The van der Waals surface area contributed by atoms with Crippen molar-refractivity contribution in [3.63, 3.8) is 0 Å². The molecule has 0 amide bonds. The molecule has 4 heteroatoms. The number of benzene rings is 5. The van der Waals surface area contributed by atoms with Crippen LogP contribution in [0, 0.1) is 11.8 Å². The Hall–Kier alpha value is -6.36. The topological polar surface area (TPSA) is 17.4 Å². The summed E-state index contributed by atoms with van der Waals surface area (Å²) in [5.41, 5.74) is 11.5. The molecular formula is C54H42N2OS. The van der Waals surface area contributed by atoms with Gasteiger partial charge in [-0.2, -0.15) is 0 Å². The van der Waals surface area contributed by atoms with E-state index in [0.29, 0.717) is 0 Å². The summed E-state index contributed by atoms with van der Waals surface area (Å²) in [5, 5.41) is 5.33. The van der Waals surface area contributed by atoms with Gasteiger partial charge in [-0.05, 0) is 90.9 Å². The largest absolute Gasteiger partial charge is 0.465 e. The number of para-hydroxylation sites is 2. The molecule has 0 fully saturated rings. The van der Waals surface area contributed by atoms with Crippen LogP contribution >= 0.6 is 11.3 Å². The number of ether oxygens (including phenoxy) is 1. The van der Waals surface area contributed by atoms with Gasteiger partial charge in [0.1, 0.15) is 11.5 Å². The Morgan fingerprint density at radius 1 is 0.690 bits per heavy atom. The number of aromatic nitrogens is 1. The second-order valence-electron chi connectivity index (χ2n) is 16.1. The van der Waals surface area contributed by atoms with Crippen LogP contribution in [0.2, 0.25) is 0 Å². The Morgan fingerprint density at radius 3 is 2.38 bits per heavy atom. The standard InChI is InChI=1S/C54H42N2OS/c1-2-12-38(13-3-1)56-46-18-7-4-14-42(46)43-33-28-37(34-48(43)56)35-24-29-39(30-25-35)55(47-19-11-23-52-54(47)45-16-6-9-22-51(45)58-52)40-31-26-36(27-32-40)41-17-10-21-50-53(41)44-15-5-8-20-49(44)57-50/h1-7,9-10,12-18,21-31,33-34,40-41,53H,8,11,19-20,32H2. The molecule has 4 aliphatic carbocycles. The summed E-state index contributed by atoms with van der Waals surface area (Å²) in [6.45, 7) is 0. The molecule has 5 aliphatic rings. The average molecular weight is 767 g/mol. The van der Waals surface area contributed by atoms with Gasteiger partial charge >= 0.3 is 0 Å². The minimum absolute atomic E-state index is 0.193. The smallest absolute Gasteiger partial charge is 0.112 e. The molecule has 0 saturated heterocycles. The second kappa shape index (κ2) is 13.6. The van der Waals surface area contributed by atoms with Crippen molar-refractivity contribution in [2.24, 2.45) is 11.8 Å². The van der Waals surface area contributed by atoms with Gasteiger partial charge < -0.3 is 14.2 Å². The third-order valence-electron chi connectivity index (χ3n) is 12.9. The van der Waals surface area contributed by atoms with E-state index in [1.54, 1.807) is 0 Å². The van der Waals surface area contributed by atoms with E-state index in [-0.39, 0.29) is 17.9 Å². The Bertz CT molecular complexity index is 3130. The third kappa shape index (κ3) is 5.39. The van der Waals surface area contributed by atoms with Crippen LogP contribution in [0.4, 0.5) is 5.69 Å². The molecule has 3 nitrogen and oxygen atoms in total. The summed E-state index contributed by atoms with van der Waals surface area (Å²) >= 11 is 1.93. The Labute approximate surface area is 342 Å². The minimum Gasteiger partial charge on any atom is -0.465 e. The maximum atomic E-state index is 6.42. The predicted octanol–water partition coefficient (Wildman–Crippen LogP) is 12.4. The van der Waals surface area contributed by atoms with Crippen molar-refractivity contribution >= 4 is 60.7 Å². The predicted molar refractivity (Wildman–Crippen MR) is 243 cm³/mol. The molecule has 58 heavy (non-hydrogen) atoms. The summed E-state index contributed by atoms with van der Waals surface area (Å²) in [5.74, 6) is 2.82. The first-order valence-corrected chi connectivity index (χ1v) is 21.6. The normalized spacial score (nSPS) is 20.8. The molecule has 3 heterocycles. The first-order valence-electron chi connectivity index (χ1n) is 20.8. The van der Waals surface area contributed by atoms with Crippen LogP contribution in [0.15, 0.2) is 193 Å². The number of rotatable bonds is 6. The van der Waals surface area contributed by atoms with E-state index in [2.05, 4.69) is 185 Å². The van der Waals surface area contributed by atoms with Gasteiger partial charge in [0.05, 0.1) is 23.0 Å². The van der Waals surface area contributed by atoms with Gasteiger partial charge in [-0.15, -0.1) is 11.3 Å². The van der Waals surface area contributed by atoms with E-state index in [0.717, 1.165) is 37.9 Å². The van der Waals surface area contributed by atoms with Gasteiger partial charge in [-0.3, -0.25) is 0 Å². The summed E-state index contributed by atoms with van der Waals surface area (Å²) in [7, 11) is 0. The van der Waals surface area contributed by atoms with Crippen LogP contribution < -0.4 is 14.7 Å². The van der Waals surface area contributed by atoms with Gasteiger partial charge in [-0.1, -0.05) is 127 Å². The van der Waals surface area contributed by atoms with Crippen LogP contribution in [0.3, 0.4) is 0 Å². The van der Waals surface area contributed by atoms with Crippen molar-refractivity contribution < 1.29 is 4.74 Å².